The van der Waals surface area contributed by atoms with Gasteiger partial charge in [-0.1, -0.05) is 35.9 Å². The predicted molar refractivity (Wildman–Crippen MR) is 136 cm³/mol. The van der Waals surface area contributed by atoms with Gasteiger partial charge in [-0.2, -0.15) is 10.2 Å². The van der Waals surface area contributed by atoms with E-state index < -0.39 is 0 Å². The van der Waals surface area contributed by atoms with Crippen molar-refractivity contribution in [2.24, 2.45) is 0 Å². The number of rotatable bonds is 7. The zero-order chi connectivity index (χ0) is 23.4. The SMILES string of the molecule is COc1cccc(Cn2nc(C)c(NC(=S)Nc3cnn(Cc4cccc(Cl)c4)c3)c2C)c1. The summed E-state index contributed by atoms with van der Waals surface area (Å²) in [5.41, 5.74) is 5.74. The maximum atomic E-state index is 6.07. The van der Waals surface area contributed by atoms with E-state index in [1.807, 2.05) is 71.9 Å². The fraction of sp³-hybridized carbons (Fsp3) is 0.208. The zero-order valence-corrected chi connectivity index (χ0v) is 20.2. The number of ether oxygens (including phenoxy) is 1. The number of nitrogens with one attached hydrogen (secondary N) is 2. The van der Waals surface area contributed by atoms with Gasteiger partial charge in [-0.25, -0.2) is 0 Å². The summed E-state index contributed by atoms with van der Waals surface area (Å²) in [6.45, 7) is 5.25. The molecule has 2 aromatic heterocycles. The summed E-state index contributed by atoms with van der Waals surface area (Å²) < 4.78 is 9.11. The van der Waals surface area contributed by atoms with E-state index in [2.05, 4.69) is 26.9 Å². The van der Waals surface area contributed by atoms with Crippen LogP contribution in [0.2, 0.25) is 5.02 Å². The van der Waals surface area contributed by atoms with Gasteiger partial charge in [0.2, 0.25) is 0 Å². The highest BCUT2D eigenvalue weighted by Crippen LogP contribution is 2.22. The lowest BCUT2D eigenvalue weighted by molar-refractivity contribution is 0.414. The molecule has 0 aliphatic rings. The summed E-state index contributed by atoms with van der Waals surface area (Å²) in [7, 11) is 1.67. The minimum atomic E-state index is 0.476. The molecule has 33 heavy (non-hydrogen) atoms. The van der Waals surface area contributed by atoms with Gasteiger partial charge in [0.15, 0.2) is 5.11 Å². The molecule has 9 heteroatoms. The summed E-state index contributed by atoms with van der Waals surface area (Å²) in [5.74, 6) is 0.827. The van der Waals surface area contributed by atoms with Crippen molar-refractivity contribution in [3.8, 4) is 5.75 Å². The number of benzene rings is 2. The van der Waals surface area contributed by atoms with Crippen molar-refractivity contribution < 1.29 is 4.74 Å². The molecule has 4 rings (SSSR count). The van der Waals surface area contributed by atoms with Crippen LogP contribution in [-0.4, -0.2) is 31.8 Å². The second-order valence-electron chi connectivity index (χ2n) is 7.69. The van der Waals surface area contributed by atoms with Crippen molar-refractivity contribution in [1.82, 2.24) is 19.6 Å². The molecule has 0 unspecified atom stereocenters. The Morgan fingerprint density at radius 2 is 1.82 bits per heavy atom. The van der Waals surface area contributed by atoms with Crippen molar-refractivity contribution in [1.29, 1.82) is 0 Å². The number of anilines is 2. The third-order valence-electron chi connectivity index (χ3n) is 5.21. The lowest BCUT2D eigenvalue weighted by Crippen LogP contribution is -2.19. The Morgan fingerprint density at radius 3 is 2.58 bits per heavy atom. The van der Waals surface area contributed by atoms with Gasteiger partial charge < -0.3 is 15.4 Å². The molecule has 0 aliphatic heterocycles. The third kappa shape index (κ3) is 5.71. The number of aryl methyl sites for hydroxylation is 1. The van der Waals surface area contributed by atoms with Gasteiger partial charge in [0.25, 0.3) is 0 Å². The van der Waals surface area contributed by atoms with Crippen LogP contribution in [0.15, 0.2) is 60.9 Å². The van der Waals surface area contributed by atoms with Crippen LogP contribution in [0.1, 0.15) is 22.5 Å². The second kappa shape index (κ2) is 10.1. The molecule has 0 spiro atoms. The third-order valence-corrected chi connectivity index (χ3v) is 5.65. The number of methoxy groups -OCH3 is 1. The molecule has 0 amide bonds. The molecule has 170 valence electrons. The smallest absolute Gasteiger partial charge is 0.175 e. The molecule has 0 saturated carbocycles. The molecule has 0 bridgehead atoms. The van der Waals surface area contributed by atoms with Crippen LogP contribution < -0.4 is 15.4 Å². The summed E-state index contributed by atoms with van der Waals surface area (Å²) in [6, 6.07) is 15.7. The highest BCUT2D eigenvalue weighted by molar-refractivity contribution is 7.80. The van der Waals surface area contributed by atoms with E-state index in [1.54, 1.807) is 13.3 Å². The molecule has 2 heterocycles. The van der Waals surface area contributed by atoms with Gasteiger partial charge in [-0.05, 0) is 61.5 Å². The molecular formula is C24H25ClN6OS. The predicted octanol–water partition coefficient (Wildman–Crippen LogP) is 5.26. The maximum absolute atomic E-state index is 6.07. The Balaban J connectivity index is 1.40. The number of nitrogens with zero attached hydrogens (tertiary/aromatic N) is 4. The van der Waals surface area contributed by atoms with Gasteiger partial charge in [0.05, 0.1) is 49.2 Å². The quantitative estimate of drug-likeness (QED) is 0.351. The summed E-state index contributed by atoms with van der Waals surface area (Å²) in [5, 5.41) is 16.7. The number of thiocarbonyl (C=S) groups is 1. The molecule has 0 aliphatic carbocycles. The molecule has 7 nitrogen and oxygen atoms in total. The molecule has 4 aromatic rings. The molecule has 0 radical (unpaired) electrons. The monoisotopic (exact) mass is 480 g/mol. The largest absolute Gasteiger partial charge is 0.497 e. The van der Waals surface area contributed by atoms with E-state index in [4.69, 9.17) is 28.6 Å². The van der Waals surface area contributed by atoms with Crippen LogP contribution in [0.5, 0.6) is 5.75 Å². The van der Waals surface area contributed by atoms with Crippen molar-refractivity contribution in [2.75, 3.05) is 17.7 Å². The van der Waals surface area contributed by atoms with E-state index in [0.717, 1.165) is 39.6 Å². The maximum Gasteiger partial charge on any atom is 0.175 e. The highest BCUT2D eigenvalue weighted by Gasteiger charge is 2.14. The van der Waals surface area contributed by atoms with E-state index in [0.29, 0.717) is 23.2 Å². The number of aromatic nitrogens is 4. The van der Waals surface area contributed by atoms with E-state index in [-0.39, 0.29) is 0 Å². The fourth-order valence-corrected chi connectivity index (χ4v) is 4.02. The Bertz CT molecular complexity index is 1280. The van der Waals surface area contributed by atoms with Crippen LogP contribution in [-0.2, 0) is 13.1 Å². The van der Waals surface area contributed by atoms with Crippen molar-refractivity contribution in [3.63, 3.8) is 0 Å². The summed E-state index contributed by atoms with van der Waals surface area (Å²) >= 11 is 11.6. The van der Waals surface area contributed by atoms with Crippen molar-refractivity contribution in [2.45, 2.75) is 26.9 Å². The number of hydrogen-bond acceptors (Lipinski definition) is 4. The molecule has 0 atom stereocenters. The lowest BCUT2D eigenvalue weighted by Gasteiger charge is -2.10. The van der Waals surface area contributed by atoms with E-state index >= 15 is 0 Å². The Labute approximate surface area is 203 Å². The van der Waals surface area contributed by atoms with E-state index in [1.165, 1.54) is 0 Å². The van der Waals surface area contributed by atoms with Crippen LogP contribution in [0, 0.1) is 13.8 Å². The normalized spacial score (nSPS) is 10.8. The second-order valence-corrected chi connectivity index (χ2v) is 8.54. The first-order valence-corrected chi connectivity index (χ1v) is 11.2. The number of hydrogen-bond donors (Lipinski definition) is 2. The van der Waals surface area contributed by atoms with Crippen molar-refractivity contribution in [3.05, 3.63) is 88.5 Å². The molecule has 2 aromatic carbocycles. The average Bonchev–Trinajstić information content (AvgIpc) is 3.32. The lowest BCUT2D eigenvalue weighted by atomic mass is 10.2. The molecular weight excluding hydrogens is 456 g/mol. The van der Waals surface area contributed by atoms with Crippen LogP contribution in [0.4, 0.5) is 11.4 Å². The van der Waals surface area contributed by atoms with Gasteiger partial charge in [0, 0.05) is 11.2 Å². The first kappa shape index (κ1) is 22.8. The van der Waals surface area contributed by atoms with Crippen LogP contribution in [0.25, 0.3) is 0 Å². The standard InChI is InChI=1S/C24H25ClN6OS/c1-16-23(17(2)31(29-16)14-19-7-5-9-22(11-19)32-3)28-24(33)27-21-12-26-30(15-21)13-18-6-4-8-20(25)10-18/h4-12,15H,13-14H2,1-3H3,(H2,27,28,33). The molecule has 0 fully saturated rings. The summed E-state index contributed by atoms with van der Waals surface area (Å²) in [4.78, 5) is 0. The number of halogens is 1. The average molecular weight is 481 g/mol. The topological polar surface area (TPSA) is 68.9 Å². The van der Waals surface area contributed by atoms with Gasteiger partial charge in [0.1, 0.15) is 5.75 Å². The Kier molecular flexibility index (Phi) is 6.96. The van der Waals surface area contributed by atoms with Crippen LogP contribution >= 0.6 is 23.8 Å². The molecule has 2 N–H and O–H groups in total. The Hall–Kier alpha value is -3.36. The van der Waals surface area contributed by atoms with E-state index in [9.17, 15) is 0 Å². The minimum absolute atomic E-state index is 0.476. The fourth-order valence-electron chi connectivity index (χ4n) is 3.59. The highest BCUT2D eigenvalue weighted by atomic mass is 35.5. The van der Waals surface area contributed by atoms with Gasteiger partial charge >= 0.3 is 0 Å². The first-order chi connectivity index (χ1) is 15.9. The zero-order valence-electron chi connectivity index (χ0n) is 18.7. The van der Waals surface area contributed by atoms with Gasteiger partial charge in [-0.15, -0.1) is 0 Å². The summed E-state index contributed by atoms with van der Waals surface area (Å²) in [6.07, 6.45) is 3.64. The molecule has 0 saturated heterocycles. The van der Waals surface area contributed by atoms with Crippen LogP contribution in [0.3, 0.4) is 0 Å². The van der Waals surface area contributed by atoms with Gasteiger partial charge in [-0.3, -0.25) is 9.36 Å². The Morgan fingerprint density at radius 1 is 1.06 bits per heavy atom. The first-order valence-electron chi connectivity index (χ1n) is 10.4. The minimum Gasteiger partial charge on any atom is -0.497 e. The van der Waals surface area contributed by atoms with Crippen molar-refractivity contribution >= 4 is 40.3 Å².